The average molecular weight is 233 g/mol. The number of phenols is 1. The first kappa shape index (κ1) is 10.9. The number of nitrogens with zero attached hydrogens (tertiary/aromatic N) is 1. The number of rotatable bonds is 2. The van der Waals surface area contributed by atoms with E-state index in [4.69, 9.17) is 5.11 Å². The third kappa shape index (κ3) is 1.65. The molecule has 0 aliphatic heterocycles. The van der Waals surface area contributed by atoms with Crippen LogP contribution in [0.4, 0.5) is 5.69 Å². The SMILES string of the molecule is O=C(O)c1cc2ccccc2c(O)c1[N+](=O)[O-]. The lowest BCUT2D eigenvalue weighted by atomic mass is 10.0. The molecule has 2 aromatic rings. The van der Waals surface area contributed by atoms with Gasteiger partial charge in [-0.2, -0.15) is 0 Å². The van der Waals surface area contributed by atoms with E-state index in [0.29, 0.717) is 5.39 Å². The van der Waals surface area contributed by atoms with Gasteiger partial charge in [0.15, 0.2) is 0 Å². The maximum Gasteiger partial charge on any atom is 0.342 e. The second-order valence-electron chi connectivity index (χ2n) is 3.40. The van der Waals surface area contributed by atoms with Gasteiger partial charge in [-0.15, -0.1) is 0 Å². The second kappa shape index (κ2) is 3.75. The van der Waals surface area contributed by atoms with Gasteiger partial charge in [0.1, 0.15) is 5.56 Å². The summed E-state index contributed by atoms with van der Waals surface area (Å²) in [7, 11) is 0. The summed E-state index contributed by atoms with van der Waals surface area (Å²) in [6.07, 6.45) is 0. The Hall–Kier alpha value is -2.63. The van der Waals surface area contributed by atoms with E-state index in [1.165, 1.54) is 12.1 Å². The van der Waals surface area contributed by atoms with Gasteiger partial charge in [-0.05, 0) is 11.5 Å². The van der Waals surface area contributed by atoms with Crippen LogP contribution in [0.1, 0.15) is 10.4 Å². The first-order valence-electron chi connectivity index (χ1n) is 4.64. The Bertz CT molecular complexity index is 635. The fourth-order valence-electron chi connectivity index (χ4n) is 1.67. The van der Waals surface area contributed by atoms with Crippen molar-refractivity contribution in [2.45, 2.75) is 0 Å². The highest BCUT2D eigenvalue weighted by atomic mass is 16.6. The molecule has 2 aromatic carbocycles. The van der Waals surface area contributed by atoms with Crippen LogP contribution in [0.15, 0.2) is 30.3 Å². The molecule has 6 heteroatoms. The minimum absolute atomic E-state index is 0.254. The van der Waals surface area contributed by atoms with Crippen LogP contribution in [0, 0.1) is 10.1 Å². The standard InChI is InChI=1S/C11H7NO5/c13-10-7-4-2-1-3-6(7)5-8(11(14)15)9(10)12(16)17/h1-5,13H,(H,14,15). The number of nitro groups is 1. The molecule has 0 spiro atoms. The molecule has 17 heavy (non-hydrogen) atoms. The van der Waals surface area contributed by atoms with Crippen molar-refractivity contribution in [2.75, 3.05) is 0 Å². The molecule has 0 saturated carbocycles. The average Bonchev–Trinajstić information content (AvgIpc) is 2.28. The summed E-state index contributed by atoms with van der Waals surface area (Å²) in [6.45, 7) is 0. The molecular formula is C11H7NO5. The molecule has 0 unspecified atom stereocenters. The Morgan fingerprint density at radius 3 is 2.53 bits per heavy atom. The first-order chi connectivity index (χ1) is 8.02. The van der Waals surface area contributed by atoms with Gasteiger partial charge in [0, 0.05) is 5.39 Å². The van der Waals surface area contributed by atoms with Crippen molar-refractivity contribution < 1.29 is 19.9 Å². The first-order valence-corrected chi connectivity index (χ1v) is 4.64. The summed E-state index contributed by atoms with van der Waals surface area (Å²) in [5.41, 5.74) is -1.30. The zero-order valence-corrected chi connectivity index (χ0v) is 8.45. The molecule has 2 N–H and O–H groups in total. The summed E-state index contributed by atoms with van der Waals surface area (Å²) in [5, 5.41) is 30.1. The lowest BCUT2D eigenvalue weighted by Gasteiger charge is -2.04. The Labute approximate surface area is 94.9 Å². The number of hydrogen-bond donors (Lipinski definition) is 2. The molecule has 2 rings (SSSR count). The summed E-state index contributed by atoms with van der Waals surface area (Å²) < 4.78 is 0. The highest BCUT2D eigenvalue weighted by Crippen LogP contribution is 2.37. The maximum atomic E-state index is 10.9. The van der Waals surface area contributed by atoms with Crippen LogP contribution in [0.25, 0.3) is 10.8 Å². The van der Waals surface area contributed by atoms with Gasteiger partial charge in [-0.25, -0.2) is 4.79 Å². The minimum atomic E-state index is -1.45. The van der Waals surface area contributed by atoms with E-state index < -0.39 is 27.9 Å². The molecule has 86 valence electrons. The van der Waals surface area contributed by atoms with Crippen LogP contribution in [0.3, 0.4) is 0 Å². The number of phenolic OH excluding ortho intramolecular Hbond substituents is 1. The van der Waals surface area contributed by atoms with Crippen LogP contribution in [0.5, 0.6) is 5.75 Å². The number of carboxylic acid groups (broad SMARTS) is 1. The van der Waals surface area contributed by atoms with Gasteiger partial charge in [-0.3, -0.25) is 10.1 Å². The minimum Gasteiger partial charge on any atom is -0.502 e. The van der Waals surface area contributed by atoms with Gasteiger partial charge in [0.25, 0.3) is 0 Å². The van der Waals surface area contributed by atoms with Gasteiger partial charge in [0.05, 0.1) is 4.92 Å². The highest BCUT2D eigenvalue weighted by molar-refractivity contribution is 6.03. The summed E-state index contributed by atoms with van der Waals surface area (Å²) >= 11 is 0. The number of hydrogen-bond acceptors (Lipinski definition) is 4. The van der Waals surface area contributed by atoms with Crippen molar-refractivity contribution in [2.24, 2.45) is 0 Å². The largest absolute Gasteiger partial charge is 0.502 e. The number of aromatic hydroxyl groups is 1. The lowest BCUT2D eigenvalue weighted by Crippen LogP contribution is -2.03. The number of benzene rings is 2. The number of aromatic carboxylic acids is 1. The van der Waals surface area contributed by atoms with Crippen LogP contribution in [-0.2, 0) is 0 Å². The number of nitro benzene ring substituents is 1. The monoisotopic (exact) mass is 233 g/mol. The van der Waals surface area contributed by atoms with Crippen LogP contribution < -0.4 is 0 Å². The normalized spacial score (nSPS) is 10.4. The van der Waals surface area contributed by atoms with E-state index in [1.54, 1.807) is 18.2 Å². The zero-order chi connectivity index (χ0) is 12.6. The predicted octanol–water partition coefficient (Wildman–Crippen LogP) is 2.15. The molecule has 0 aliphatic rings. The molecule has 6 nitrogen and oxygen atoms in total. The molecule has 0 aliphatic carbocycles. The number of fused-ring (bicyclic) bond motifs is 1. The van der Waals surface area contributed by atoms with Gasteiger partial charge >= 0.3 is 11.7 Å². The quantitative estimate of drug-likeness (QED) is 0.611. The smallest absolute Gasteiger partial charge is 0.342 e. The Morgan fingerprint density at radius 1 is 1.29 bits per heavy atom. The second-order valence-corrected chi connectivity index (χ2v) is 3.40. The van der Waals surface area contributed by atoms with E-state index in [-0.39, 0.29) is 5.39 Å². The maximum absolute atomic E-state index is 10.9. The summed E-state index contributed by atoms with van der Waals surface area (Å²) in [6, 6.07) is 7.50. The van der Waals surface area contributed by atoms with E-state index in [9.17, 15) is 20.0 Å². The van der Waals surface area contributed by atoms with E-state index in [2.05, 4.69) is 0 Å². The Morgan fingerprint density at radius 2 is 1.94 bits per heavy atom. The van der Waals surface area contributed by atoms with Crippen molar-refractivity contribution in [3.63, 3.8) is 0 Å². The molecular weight excluding hydrogens is 226 g/mol. The van der Waals surface area contributed by atoms with Crippen molar-refractivity contribution in [1.29, 1.82) is 0 Å². The van der Waals surface area contributed by atoms with Gasteiger partial charge in [0.2, 0.25) is 5.75 Å². The van der Waals surface area contributed by atoms with Gasteiger partial charge in [-0.1, -0.05) is 24.3 Å². The molecule has 0 bridgehead atoms. The molecule has 0 heterocycles. The Balaban J connectivity index is 2.94. The van der Waals surface area contributed by atoms with Gasteiger partial charge < -0.3 is 10.2 Å². The van der Waals surface area contributed by atoms with Crippen molar-refractivity contribution >= 4 is 22.4 Å². The summed E-state index contributed by atoms with van der Waals surface area (Å²) in [4.78, 5) is 20.8. The van der Waals surface area contributed by atoms with E-state index >= 15 is 0 Å². The molecule has 0 fully saturated rings. The van der Waals surface area contributed by atoms with Crippen molar-refractivity contribution in [3.8, 4) is 5.75 Å². The third-order valence-corrected chi connectivity index (χ3v) is 2.41. The van der Waals surface area contributed by atoms with E-state index in [0.717, 1.165) is 0 Å². The zero-order valence-electron chi connectivity index (χ0n) is 8.45. The molecule has 0 aromatic heterocycles. The van der Waals surface area contributed by atoms with Crippen molar-refractivity contribution in [3.05, 3.63) is 46.0 Å². The molecule has 0 saturated heterocycles. The lowest BCUT2D eigenvalue weighted by molar-refractivity contribution is -0.386. The molecule has 0 atom stereocenters. The molecule has 0 amide bonds. The van der Waals surface area contributed by atoms with E-state index in [1.807, 2.05) is 0 Å². The highest BCUT2D eigenvalue weighted by Gasteiger charge is 2.26. The number of carbonyl (C=O) groups is 1. The topological polar surface area (TPSA) is 101 Å². The predicted molar refractivity (Wildman–Crippen MR) is 59.2 cm³/mol. The Kier molecular flexibility index (Phi) is 2.40. The fraction of sp³-hybridized carbons (Fsp3) is 0. The summed E-state index contributed by atoms with van der Waals surface area (Å²) in [5.74, 6) is -2.07. The van der Waals surface area contributed by atoms with Crippen molar-refractivity contribution in [1.82, 2.24) is 0 Å². The van der Waals surface area contributed by atoms with Crippen LogP contribution >= 0.6 is 0 Å². The van der Waals surface area contributed by atoms with Crippen LogP contribution in [-0.4, -0.2) is 21.1 Å². The fourth-order valence-corrected chi connectivity index (χ4v) is 1.67. The molecule has 0 radical (unpaired) electrons. The van der Waals surface area contributed by atoms with Crippen LogP contribution in [0.2, 0.25) is 0 Å². The number of carboxylic acids is 1. The third-order valence-electron chi connectivity index (χ3n) is 2.41.